The predicted octanol–water partition coefficient (Wildman–Crippen LogP) is 1.38. The summed E-state index contributed by atoms with van der Waals surface area (Å²) < 4.78 is 0. The lowest BCUT2D eigenvalue weighted by Crippen LogP contribution is -2.10. The van der Waals surface area contributed by atoms with Gasteiger partial charge in [0, 0.05) is 12.4 Å². The van der Waals surface area contributed by atoms with E-state index >= 15 is 0 Å². The molecule has 0 fully saturated rings. The first-order chi connectivity index (χ1) is 8.34. The second-order valence-electron chi connectivity index (χ2n) is 3.52. The standard InChI is InChI=1S/C12H8N4O/c17-12-8-4-6-13-7-10(8)15-11(16-12)9-3-1-2-5-14-9/h1-7H,(H,15,16,17). The van der Waals surface area contributed by atoms with E-state index in [-0.39, 0.29) is 5.56 Å². The second-order valence-corrected chi connectivity index (χ2v) is 3.52. The van der Waals surface area contributed by atoms with E-state index in [0.29, 0.717) is 22.4 Å². The number of aromatic nitrogens is 4. The molecule has 0 amide bonds. The molecule has 3 heterocycles. The minimum absolute atomic E-state index is 0.182. The average Bonchev–Trinajstić information content (AvgIpc) is 2.40. The van der Waals surface area contributed by atoms with Crippen LogP contribution in [0.2, 0.25) is 0 Å². The minimum atomic E-state index is -0.182. The van der Waals surface area contributed by atoms with Gasteiger partial charge in [-0.25, -0.2) is 4.98 Å². The van der Waals surface area contributed by atoms with Gasteiger partial charge in [-0.05, 0) is 18.2 Å². The monoisotopic (exact) mass is 224 g/mol. The Kier molecular flexibility index (Phi) is 2.15. The summed E-state index contributed by atoms with van der Waals surface area (Å²) in [7, 11) is 0. The summed E-state index contributed by atoms with van der Waals surface area (Å²) in [6, 6.07) is 7.09. The summed E-state index contributed by atoms with van der Waals surface area (Å²) >= 11 is 0. The molecule has 3 aromatic heterocycles. The Balaban J connectivity index is 2.30. The third kappa shape index (κ3) is 1.67. The lowest BCUT2D eigenvalue weighted by Gasteiger charge is -2.01. The van der Waals surface area contributed by atoms with Crippen molar-refractivity contribution >= 4 is 10.9 Å². The molecule has 0 atom stereocenters. The molecule has 0 saturated carbocycles. The van der Waals surface area contributed by atoms with Gasteiger partial charge in [0.25, 0.3) is 5.56 Å². The van der Waals surface area contributed by atoms with Gasteiger partial charge in [0.15, 0.2) is 5.82 Å². The lowest BCUT2D eigenvalue weighted by atomic mass is 10.3. The molecule has 3 rings (SSSR count). The van der Waals surface area contributed by atoms with Gasteiger partial charge >= 0.3 is 0 Å². The molecule has 0 aromatic carbocycles. The van der Waals surface area contributed by atoms with Gasteiger partial charge in [-0.15, -0.1) is 0 Å². The summed E-state index contributed by atoms with van der Waals surface area (Å²) in [6.07, 6.45) is 4.79. The molecule has 0 bridgehead atoms. The van der Waals surface area contributed by atoms with E-state index in [1.807, 2.05) is 12.1 Å². The molecule has 5 nitrogen and oxygen atoms in total. The van der Waals surface area contributed by atoms with E-state index in [1.54, 1.807) is 30.7 Å². The highest BCUT2D eigenvalue weighted by molar-refractivity contribution is 5.77. The number of nitrogens with one attached hydrogen (secondary N) is 1. The van der Waals surface area contributed by atoms with Crippen LogP contribution in [-0.4, -0.2) is 19.9 Å². The van der Waals surface area contributed by atoms with E-state index in [2.05, 4.69) is 19.9 Å². The Morgan fingerprint density at radius 3 is 2.88 bits per heavy atom. The van der Waals surface area contributed by atoms with Crippen molar-refractivity contribution in [2.75, 3.05) is 0 Å². The fourth-order valence-electron chi connectivity index (χ4n) is 1.61. The summed E-state index contributed by atoms with van der Waals surface area (Å²) in [5, 5.41) is 0.527. The van der Waals surface area contributed by atoms with Gasteiger partial charge < -0.3 is 4.98 Å². The fourth-order valence-corrected chi connectivity index (χ4v) is 1.61. The molecule has 0 aliphatic heterocycles. The molecule has 0 aliphatic rings. The van der Waals surface area contributed by atoms with Crippen molar-refractivity contribution in [1.29, 1.82) is 0 Å². The maximum Gasteiger partial charge on any atom is 0.259 e. The van der Waals surface area contributed by atoms with Crippen LogP contribution in [-0.2, 0) is 0 Å². The number of aromatic amines is 1. The lowest BCUT2D eigenvalue weighted by molar-refractivity contribution is 1.13. The number of nitrogens with zero attached hydrogens (tertiary/aromatic N) is 3. The maximum atomic E-state index is 11.8. The van der Waals surface area contributed by atoms with E-state index < -0.39 is 0 Å². The predicted molar refractivity (Wildman–Crippen MR) is 63.4 cm³/mol. The molecule has 3 aromatic rings. The number of H-pyrrole nitrogens is 1. The first-order valence-electron chi connectivity index (χ1n) is 5.10. The molecule has 1 N–H and O–H groups in total. The summed E-state index contributed by atoms with van der Waals surface area (Å²) in [5.74, 6) is 0.455. The highest BCUT2D eigenvalue weighted by atomic mass is 16.1. The Labute approximate surface area is 96.2 Å². The molecule has 0 spiro atoms. The van der Waals surface area contributed by atoms with Crippen LogP contribution in [0.4, 0.5) is 0 Å². The van der Waals surface area contributed by atoms with Crippen molar-refractivity contribution in [2.24, 2.45) is 0 Å². The Hall–Kier alpha value is -2.56. The van der Waals surface area contributed by atoms with Crippen LogP contribution in [0.15, 0.2) is 47.7 Å². The van der Waals surface area contributed by atoms with Crippen LogP contribution in [0.5, 0.6) is 0 Å². The van der Waals surface area contributed by atoms with Crippen molar-refractivity contribution in [2.45, 2.75) is 0 Å². The zero-order chi connectivity index (χ0) is 11.7. The second kappa shape index (κ2) is 3.79. The highest BCUT2D eigenvalue weighted by Gasteiger charge is 2.05. The van der Waals surface area contributed by atoms with Crippen molar-refractivity contribution in [1.82, 2.24) is 19.9 Å². The van der Waals surface area contributed by atoms with Gasteiger partial charge in [-0.1, -0.05) is 6.07 Å². The average molecular weight is 224 g/mol. The van der Waals surface area contributed by atoms with Crippen LogP contribution in [0, 0.1) is 0 Å². The Bertz CT molecular complexity index is 721. The van der Waals surface area contributed by atoms with Crippen molar-refractivity contribution in [3.8, 4) is 11.5 Å². The van der Waals surface area contributed by atoms with Gasteiger partial charge in [0.1, 0.15) is 5.69 Å². The van der Waals surface area contributed by atoms with Crippen molar-refractivity contribution in [3.63, 3.8) is 0 Å². The van der Waals surface area contributed by atoms with Crippen molar-refractivity contribution in [3.05, 3.63) is 53.2 Å². The number of pyridine rings is 2. The van der Waals surface area contributed by atoms with E-state index in [0.717, 1.165) is 0 Å². The number of hydrogen-bond acceptors (Lipinski definition) is 4. The van der Waals surface area contributed by atoms with Gasteiger partial charge in [0.05, 0.1) is 17.1 Å². The maximum absolute atomic E-state index is 11.8. The molecule has 5 heteroatoms. The quantitative estimate of drug-likeness (QED) is 0.677. The van der Waals surface area contributed by atoms with E-state index in [9.17, 15) is 4.79 Å². The highest BCUT2D eigenvalue weighted by Crippen LogP contribution is 2.12. The normalized spacial score (nSPS) is 10.6. The summed E-state index contributed by atoms with van der Waals surface area (Å²) in [5.41, 5.74) is 1.02. The molecular formula is C12H8N4O. The number of fused-ring (bicyclic) bond motifs is 1. The molecule has 0 radical (unpaired) electrons. The molecule has 0 saturated heterocycles. The van der Waals surface area contributed by atoms with Crippen molar-refractivity contribution < 1.29 is 0 Å². The van der Waals surface area contributed by atoms with Crippen LogP contribution in [0.1, 0.15) is 0 Å². The van der Waals surface area contributed by atoms with E-state index in [1.165, 1.54) is 0 Å². The zero-order valence-corrected chi connectivity index (χ0v) is 8.79. The zero-order valence-electron chi connectivity index (χ0n) is 8.79. The third-order valence-electron chi connectivity index (χ3n) is 2.42. The Morgan fingerprint density at radius 2 is 2.06 bits per heavy atom. The first-order valence-corrected chi connectivity index (χ1v) is 5.10. The molecular weight excluding hydrogens is 216 g/mol. The van der Waals surface area contributed by atoms with Crippen LogP contribution in [0.25, 0.3) is 22.4 Å². The fraction of sp³-hybridized carbons (Fsp3) is 0. The topological polar surface area (TPSA) is 71.5 Å². The largest absolute Gasteiger partial charge is 0.305 e. The summed E-state index contributed by atoms with van der Waals surface area (Å²) in [4.78, 5) is 27.0. The van der Waals surface area contributed by atoms with Gasteiger partial charge in [0.2, 0.25) is 0 Å². The van der Waals surface area contributed by atoms with E-state index in [4.69, 9.17) is 0 Å². The number of rotatable bonds is 1. The Morgan fingerprint density at radius 1 is 1.12 bits per heavy atom. The van der Waals surface area contributed by atoms with Crippen LogP contribution >= 0.6 is 0 Å². The van der Waals surface area contributed by atoms with Crippen LogP contribution < -0.4 is 5.56 Å². The van der Waals surface area contributed by atoms with Gasteiger partial charge in [-0.3, -0.25) is 14.8 Å². The summed E-state index contributed by atoms with van der Waals surface area (Å²) in [6.45, 7) is 0. The third-order valence-corrected chi connectivity index (χ3v) is 2.42. The molecule has 0 unspecified atom stereocenters. The minimum Gasteiger partial charge on any atom is -0.305 e. The smallest absolute Gasteiger partial charge is 0.259 e. The molecule has 17 heavy (non-hydrogen) atoms. The SMILES string of the molecule is O=c1[nH]c(-c2ccccn2)nc2cnccc12. The molecule has 82 valence electrons. The molecule has 0 aliphatic carbocycles. The first kappa shape index (κ1) is 9.65. The number of hydrogen-bond donors (Lipinski definition) is 1. The van der Waals surface area contributed by atoms with Crippen LogP contribution in [0.3, 0.4) is 0 Å². The van der Waals surface area contributed by atoms with Gasteiger partial charge in [-0.2, -0.15) is 0 Å².